The van der Waals surface area contributed by atoms with Crippen LogP contribution in [0.5, 0.6) is 0 Å². The number of halogens is 4. The molecule has 0 unspecified atom stereocenters. The van der Waals surface area contributed by atoms with E-state index in [9.17, 15) is 0 Å². The Balaban J connectivity index is -0.0000000257. The highest BCUT2D eigenvalue weighted by Gasteiger charge is 1.57. The fourth-order valence-electron chi connectivity index (χ4n) is 0.385. The standard InChI is InChI=1S/C6H6.CH4O.4FH/c1-2-4-6-5-3-1;1-2;;;;/h1-6H;2H,1H3;4*1H. The SMILES string of the molecule is CO.F.F.F.F.c1ccccc1. The van der Waals surface area contributed by atoms with Crippen LogP contribution in [0.3, 0.4) is 0 Å². The van der Waals surface area contributed by atoms with Crippen LogP contribution in [0.2, 0.25) is 0 Å². The summed E-state index contributed by atoms with van der Waals surface area (Å²) in [5, 5.41) is 7.00. The lowest BCUT2D eigenvalue weighted by Crippen LogP contribution is -1.47. The molecule has 1 N–H and O–H groups in total. The van der Waals surface area contributed by atoms with Gasteiger partial charge in [-0.15, -0.1) is 0 Å². The Morgan fingerprint density at radius 1 is 0.500 bits per heavy atom. The van der Waals surface area contributed by atoms with Gasteiger partial charge in [-0.1, -0.05) is 36.4 Å². The molecule has 12 heavy (non-hydrogen) atoms. The molecule has 0 radical (unpaired) electrons. The molecule has 0 aliphatic heterocycles. The Kier molecular flexibility index (Phi) is 83.5. The van der Waals surface area contributed by atoms with Crippen LogP contribution in [-0.4, -0.2) is 12.2 Å². The molecule has 1 aromatic carbocycles. The summed E-state index contributed by atoms with van der Waals surface area (Å²) >= 11 is 0. The van der Waals surface area contributed by atoms with Gasteiger partial charge < -0.3 is 5.11 Å². The largest absolute Gasteiger partial charge is 0.400 e. The predicted octanol–water partition coefficient (Wildman–Crippen LogP) is 1.91. The van der Waals surface area contributed by atoms with Crippen molar-refractivity contribution in [1.82, 2.24) is 0 Å². The molecule has 0 heterocycles. The molecule has 1 aromatic rings. The van der Waals surface area contributed by atoms with Crippen LogP contribution in [0.4, 0.5) is 18.8 Å². The Hall–Kier alpha value is -1.10. The molecule has 0 amide bonds. The number of rotatable bonds is 0. The van der Waals surface area contributed by atoms with E-state index in [0.29, 0.717) is 0 Å². The fourth-order valence-corrected chi connectivity index (χ4v) is 0.385. The minimum Gasteiger partial charge on any atom is -0.400 e. The maximum atomic E-state index is 7.00. The molecule has 0 fully saturated rings. The van der Waals surface area contributed by atoms with Crippen LogP contribution in [0, 0.1) is 0 Å². The predicted molar refractivity (Wildman–Crippen MR) is 44.6 cm³/mol. The molecule has 0 aliphatic carbocycles. The second-order valence-electron chi connectivity index (χ2n) is 1.15. The topological polar surface area (TPSA) is 20.2 Å². The third-order valence-electron chi connectivity index (χ3n) is 0.667. The van der Waals surface area contributed by atoms with Crippen molar-refractivity contribution < 1.29 is 23.9 Å². The van der Waals surface area contributed by atoms with Gasteiger partial charge in [0.25, 0.3) is 0 Å². The number of aliphatic hydroxyl groups is 1. The average Bonchev–Trinajstić information content (AvgIpc) is 1.96. The molecule has 0 atom stereocenters. The lowest BCUT2D eigenvalue weighted by atomic mass is 10.4. The summed E-state index contributed by atoms with van der Waals surface area (Å²) in [4.78, 5) is 0. The van der Waals surface area contributed by atoms with Gasteiger partial charge in [-0.25, -0.2) is 0 Å². The van der Waals surface area contributed by atoms with E-state index in [-0.39, 0.29) is 18.8 Å². The highest BCUT2D eigenvalue weighted by atomic mass is 19.0. The molecule has 0 aromatic heterocycles. The zero-order chi connectivity index (χ0) is 6.24. The third kappa shape index (κ3) is 23.1. The molecule has 1 rings (SSSR count). The Morgan fingerprint density at radius 2 is 0.583 bits per heavy atom. The van der Waals surface area contributed by atoms with Crippen LogP contribution in [0.15, 0.2) is 36.4 Å². The summed E-state index contributed by atoms with van der Waals surface area (Å²) in [6.45, 7) is 0. The summed E-state index contributed by atoms with van der Waals surface area (Å²) in [6, 6.07) is 12.0. The minimum absolute atomic E-state index is 0. The van der Waals surface area contributed by atoms with Crippen LogP contribution < -0.4 is 0 Å². The normalized spacial score (nSPS) is 4.50. The lowest BCUT2D eigenvalue weighted by Gasteiger charge is -1.69. The molecule has 5 heteroatoms. The van der Waals surface area contributed by atoms with E-state index >= 15 is 0 Å². The monoisotopic (exact) mass is 190 g/mol. The van der Waals surface area contributed by atoms with Crippen molar-refractivity contribution in [3.8, 4) is 0 Å². The van der Waals surface area contributed by atoms with E-state index < -0.39 is 0 Å². The molecule has 0 spiro atoms. The van der Waals surface area contributed by atoms with Gasteiger partial charge in [-0.05, 0) is 0 Å². The quantitative estimate of drug-likeness (QED) is 0.619. The summed E-state index contributed by atoms with van der Waals surface area (Å²) in [7, 11) is 1.00. The molecule has 0 aliphatic rings. The van der Waals surface area contributed by atoms with Gasteiger partial charge in [0.2, 0.25) is 0 Å². The maximum Gasteiger partial charge on any atom is 0.0319 e. The van der Waals surface area contributed by atoms with Crippen molar-refractivity contribution in [3.63, 3.8) is 0 Å². The maximum absolute atomic E-state index is 7.00. The summed E-state index contributed by atoms with van der Waals surface area (Å²) in [5.41, 5.74) is 0. The number of hydrogen-bond acceptors (Lipinski definition) is 1. The van der Waals surface area contributed by atoms with Crippen LogP contribution in [-0.2, 0) is 0 Å². The first kappa shape index (κ1) is 30.7. The third-order valence-corrected chi connectivity index (χ3v) is 0.667. The minimum atomic E-state index is 0. The summed E-state index contributed by atoms with van der Waals surface area (Å²) in [5.74, 6) is 0. The van der Waals surface area contributed by atoms with Crippen molar-refractivity contribution in [3.05, 3.63) is 36.4 Å². The summed E-state index contributed by atoms with van der Waals surface area (Å²) in [6.07, 6.45) is 0. The molecular weight excluding hydrogens is 176 g/mol. The molecule has 1 nitrogen and oxygen atoms in total. The van der Waals surface area contributed by atoms with Crippen LogP contribution in [0.25, 0.3) is 0 Å². The van der Waals surface area contributed by atoms with E-state index in [1.165, 1.54) is 0 Å². The van der Waals surface area contributed by atoms with Crippen molar-refractivity contribution >= 4 is 0 Å². The molecule has 0 bridgehead atoms. The Labute approximate surface area is 68.5 Å². The first-order valence-electron chi connectivity index (χ1n) is 2.45. The van der Waals surface area contributed by atoms with Gasteiger partial charge in [-0.3, -0.25) is 18.8 Å². The van der Waals surface area contributed by atoms with Crippen molar-refractivity contribution in [1.29, 1.82) is 0 Å². The first-order chi connectivity index (χ1) is 4.00. The van der Waals surface area contributed by atoms with Gasteiger partial charge in [0.15, 0.2) is 0 Å². The molecular formula is C7H14F4O. The zero-order valence-corrected chi connectivity index (χ0v) is 6.54. The second-order valence-corrected chi connectivity index (χ2v) is 1.15. The van der Waals surface area contributed by atoms with E-state index in [4.69, 9.17) is 5.11 Å². The number of hydrogen-bond donors (Lipinski definition) is 1. The second kappa shape index (κ2) is 32.7. The number of aliphatic hydroxyl groups excluding tert-OH is 1. The van der Waals surface area contributed by atoms with E-state index in [1.807, 2.05) is 36.4 Å². The average molecular weight is 190 g/mol. The summed E-state index contributed by atoms with van der Waals surface area (Å²) < 4.78 is 0. The fraction of sp³-hybridized carbons (Fsp3) is 0.143. The Bertz CT molecular complexity index is 87.3. The van der Waals surface area contributed by atoms with Gasteiger partial charge >= 0.3 is 0 Å². The van der Waals surface area contributed by atoms with E-state index in [0.717, 1.165) is 7.11 Å². The smallest absolute Gasteiger partial charge is 0.0319 e. The lowest BCUT2D eigenvalue weighted by molar-refractivity contribution is 0.399. The van der Waals surface area contributed by atoms with E-state index in [1.54, 1.807) is 0 Å². The van der Waals surface area contributed by atoms with Gasteiger partial charge in [0.1, 0.15) is 0 Å². The Morgan fingerprint density at radius 3 is 0.667 bits per heavy atom. The molecule has 76 valence electrons. The van der Waals surface area contributed by atoms with Gasteiger partial charge in [0.05, 0.1) is 0 Å². The van der Waals surface area contributed by atoms with Crippen LogP contribution >= 0.6 is 0 Å². The highest BCUT2D eigenvalue weighted by Crippen LogP contribution is 1.79. The van der Waals surface area contributed by atoms with Gasteiger partial charge in [0, 0.05) is 7.11 Å². The van der Waals surface area contributed by atoms with Crippen molar-refractivity contribution in [2.24, 2.45) is 0 Å². The van der Waals surface area contributed by atoms with Crippen LogP contribution in [0.1, 0.15) is 0 Å². The highest BCUT2D eigenvalue weighted by molar-refractivity contribution is 4.99. The molecule has 0 saturated heterocycles. The van der Waals surface area contributed by atoms with Gasteiger partial charge in [-0.2, -0.15) is 0 Å². The van der Waals surface area contributed by atoms with E-state index in [2.05, 4.69) is 0 Å². The number of benzene rings is 1. The van der Waals surface area contributed by atoms with Crippen molar-refractivity contribution in [2.45, 2.75) is 0 Å². The molecule has 0 saturated carbocycles. The zero-order valence-electron chi connectivity index (χ0n) is 6.54. The first-order valence-corrected chi connectivity index (χ1v) is 2.45. The van der Waals surface area contributed by atoms with Crippen molar-refractivity contribution in [2.75, 3.05) is 7.11 Å².